The first-order chi connectivity index (χ1) is 16.4. The third kappa shape index (κ3) is 5.29. The van der Waals surface area contributed by atoms with Crippen molar-refractivity contribution < 1.29 is 52.4 Å². The van der Waals surface area contributed by atoms with Gasteiger partial charge >= 0.3 is 46.3 Å². The van der Waals surface area contributed by atoms with Gasteiger partial charge in [-0.25, -0.2) is 9.36 Å². The number of carbonyl (C=O) groups excluding carboxylic acids is 4. The number of nitrogens with one attached hydrogen (secondary N) is 1. The highest BCUT2D eigenvalue weighted by atomic mass is 16.8. The second-order valence-corrected chi connectivity index (χ2v) is 7.32. The van der Waals surface area contributed by atoms with Crippen molar-refractivity contribution in [3.63, 3.8) is 0 Å². The molecule has 2 aromatic rings. The Morgan fingerprint density at radius 2 is 1.54 bits per heavy atom. The monoisotopic (exact) mass is 500 g/mol. The quantitative estimate of drug-likeness (QED) is 0.247. The molecule has 0 unspecified atom stereocenters. The highest BCUT2D eigenvalue weighted by molar-refractivity contribution is 5.69. The number of fused-ring (bicyclic) bond motifs is 1. The van der Waals surface area contributed by atoms with Crippen LogP contribution in [0, 0.1) is 5.21 Å². The lowest BCUT2D eigenvalue weighted by molar-refractivity contribution is -0.782. The largest absolute Gasteiger partial charge is 0.463 e. The predicted molar refractivity (Wildman–Crippen MR) is 105 cm³/mol. The predicted octanol–water partition coefficient (Wildman–Crippen LogP) is -2.43. The lowest BCUT2D eigenvalue weighted by Gasteiger charge is -2.44. The zero-order chi connectivity index (χ0) is 26.0. The molecule has 0 radical (unpaired) electrons. The van der Waals surface area contributed by atoms with E-state index in [1.807, 2.05) is 4.98 Å². The van der Waals surface area contributed by atoms with Gasteiger partial charge < -0.3 is 28.9 Å². The number of rotatable bonds is 6. The van der Waals surface area contributed by atoms with Crippen molar-refractivity contribution in [2.24, 2.45) is 0 Å². The SMILES string of the molecule is CC(=O)OC[C@H]1O[C@@H](n2c(=O)[nH]c(=O)c3c2no[n+]3[O-])[C@H](OC(C)=O)[C@@H](OC(C)=O)[C@@H]1OC(C)=O. The van der Waals surface area contributed by atoms with Gasteiger partial charge in [0, 0.05) is 27.7 Å². The minimum atomic E-state index is -1.74. The van der Waals surface area contributed by atoms with Gasteiger partial charge in [-0.05, 0) is 4.90 Å². The van der Waals surface area contributed by atoms with Gasteiger partial charge in [0.05, 0.1) is 5.16 Å². The molecule has 0 aromatic carbocycles. The molecule has 0 amide bonds. The van der Waals surface area contributed by atoms with Gasteiger partial charge in [0.2, 0.25) is 0 Å². The summed E-state index contributed by atoms with van der Waals surface area (Å²) in [5.74, 6) is -3.41. The molecule has 0 spiro atoms. The summed E-state index contributed by atoms with van der Waals surface area (Å²) in [7, 11) is 0. The molecular formula is C18H20N4O13. The summed E-state index contributed by atoms with van der Waals surface area (Å²) in [6, 6.07) is 0. The summed E-state index contributed by atoms with van der Waals surface area (Å²) >= 11 is 0. The van der Waals surface area contributed by atoms with Crippen LogP contribution in [0.3, 0.4) is 0 Å². The fraction of sp³-hybridized carbons (Fsp3) is 0.556. The summed E-state index contributed by atoms with van der Waals surface area (Å²) in [5.41, 5.74) is -3.63. The van der Waals surface area contributed by atoms with Crippen LogP contribution in [0.25, 0.3) is 11.2 Å². The maximum Gasteiger partial charge on any atom is 0.334 e. The van der Waals surface area contributed by atoms with Crippen LogP contribution in [-0.4, -0.2) is 69.6 Å². The molecule has 3 heterocycles. The first kappa shape index (κ1) is 25.3. The number of hydrogen-bond donors (Lipinski definition) is 1. The van der Waals surface area contributed by atoms with Crippen LogP contribution in [0.1, 0.15) is 33.9 Å². The van der Waals surface area contributed by atoms with Crippen molar-refractivity contribution in [2.75, 3.05) is 6.61 Å². The molecule has 35 heavy (non-hydrogen) atoms. The van der Waals surface area contributed by atoms with Crippen LogP contribution in [0.15, 0.2) is 14.2 Å². The van der Waals surface area contributed by atoms with Crippen LogP contribution in [0.4, 0.5) is 0 Å². The number of ether oxygens (including phenoxy) is 5. The lowest BCUT2D eigenvalue weighted by Crippen LogP contribution is -2.61. The molecule has 17 heteroatoms. The lowest BCUT2D eigenvalue weighted by atomic mass is 9.97. The van der Waals surface area contributed by atoms with Crippen molar-refractivity contribution in [3.05, 3.63) is 26.0 Å². The maximum absolute atomic E-state index is 12.8. The van der Waals surface area contributed by atoms with E-state index in [-0.39, 0.29) is 4.90 Å². The summed E-state index contributed by atoms with van der Waals surface area (Å²) in [4.78, 5) is 73.5. The Morgan fingerprint density at radius 3 is 2.11 bits per heavy atom. The van der Waals surface area contributed by atoms with Crippen molar-refractivity contribution in [1.82, 2.24) is 14.7 Å². The minimum absolute atomic E-state index is 0.269. The number of nitrogens with zero attached hydrogens (tertiary/aromatic N) is 3. The van der Waals surface area contributed by atoms with E-state index in [9.17, 15) is 34.0 Å². The summed E-state index contributed by atoms with van der Waals surface area (Å²) < 4.78 is 31.6. The van der Waals surface area contributed by atoms with Gasteiger partial charge in [0.25, 0.3) is 0 Å². The van der Waals surface area contributed by atoms with Crippen molar-refractivity contribution in [2.45, 2.75) is 58.3 Å². The van der Waals surface area contributed by atoms with Gasteiger partial charge in [-0.15, -0.1) is 0 Å². The number of carbonyl (C=O) groups is 4. The third-order valence-corrected chi connectivity index (χ3v) is 4.70. The topological polar surface area (TPSA) is 222 Å². The first-order valence-electron chi connectivity index (χ1n) is 9.95. The molecule has 1 fully saturated rings. The highest BCUT2D eigenvalue weighted by Gasteiger charge is 2.54. The number of esters is 4. The summed E-state index contributed by atoms with van der Waals surface area (Å²) in [5, 5.41) is 15.3. The molecule has 1 aliphatic heterocycles. The Morgan fingerprint density at radius 1 is 0.971 bits per heavy atom. The molecule has 0 aliphatic carbocycles. The van der Waals surface area contributed by atoms with Gasteiger partial charge in [0.1, 0.15) is 12.7 Å². The molecule has 0 bridgehead atoms. The van der Waals surface area contributed by atoms with Gasteiger partial charge in [0.15, 0.2) is 24.5 Å². The zero-order valence-corrected chi connectivity index (χ0v) is 18.7. The molecule has 190 valence electrons. The molecule has 1 aliphatic rings. The van der Waals surface area contributed by atoms with Crippen LogP contribution < -0.4 is 16.2 Å². The molecule has 2 aromatic heterocycles. The van der Waals surface area contributed by atoms with E-state index in [0.29, 0.717) is 4.57 Å². The normalized spacial score (nSPS) is 23.9. The molecular weight excluding hydrogens is 480 g/mol. The van der Waals surface area contributed by atoms with Crippen LogP contribution in [0.5, 0.6) is 0 Å². The van der Waals surface area contributed by atoms with Crippen LogP contribution in [-0.2, 0) is 42.9 Å². The van der Waals surface area contributed by atoms with Gasteiger partial charge in [-0.2, -0.15) is 0 Å². The van der Waals surface area contributed by atoms with E-state index in [1.165, 1.54) is 0 Å². The Labute approximate surface area is 193 Å². The summed E-state index contributed by atoms with van der Waals surface area (Å²) in [6.07, 6.45) is -7.89. The Hall–Kier alpha value is -4.28. The van der Waals surface area contributed by atoms with E-state index >= 15 is 0 Å². The van der Waals surface area contributed by atoms with E-state index in [0.717, 1.165) is 27.7 Å². The number of H-pyrrole nitrogens is 1. The smallest absolute Gasteiger partial charge is 0.334 e. The Bertz CT molecular complexity index is 1280. The minimum Gasteiger partial charge on any atom is -0.463 e. The standard InChI is InChI=1S/C18H20N4O13/c1-6(23)30-5-10-12(31-7(2)24)13(32-8(3)25)14(33-9(4)26)17(34-10)21-15-11(22(29)35-20-15)16(27)19-18(21)28/h10,12-14,17H,5H2,1-4H3,(H,19,27,28)/t10-,12-,13+,14-,17-/m1/s1. The highest BCUT2D eigenvalue weighted by Crippen LogP contribution is 2.34. The molecule has 0 saturated carbocycles. The van der Waals surface area contributed by atoms with E-state index in [1.54, 1.807) is 0 Å². The third-order valence-electron chi connectivity index (χ3n) is 4.70. The number of aromatic nitrogens is 4. The second-order valence-electron chi connectivity index (χ2n) is 7.32. The van der Waals surface area contributed by atoms with Crippen molar-refractivity contribution >= 4 is 35.0 Å². The zero-order valence-electron chi connectivity index (χ0n) is 18.7. The molecule has 1 saturated heterocycles. The summed E-state index contributed by atoms with van der Waals surface area (Å²) in [6.45, 7) is 3.59. The molecule has 17 nitrogen and oxygen atoms in total. The Kier molecular flexibility index (Phi) is 7.18. The molecule has 3 rings (SSSR count). The average Bonchev–Trinajstić information content (AvgIpc) is 3.11. The average molecular weight is 500 g/mol. The number of hydrogen-bond acceptors (Lipinski definition) is 14. The van der Waals surface area contributed by atoms with Crippen molar-refractivity contribution in [3.8, 4) is 0 Å². The maximum atomic E-state index is 12.8. The van der Waals surface area contributed by atoms with Crippen LogP contribution >= 0.6 is 0 Å². The van der Waals surface area contributed by atoms with Gasteiger partial charge in [-0.1, -0.05) is 0 Å². The Balaban J connectivity index is 2.24. The van der Waals surface area contributed by atoms with Crippen LogP contribution in [0.2, 0.25) is 0 Å². The molecule has 5 atom stereocenters. The number of aromatic amines is 1. The fourth-order valence-corrected chi connectivity index (χ4v) is 3.55. The second kappa shape index (κ2) is 9.92. The molecule has 1 N–H and O–H groups in total. The van der Waals surface area contributed by atoms with E-state index < -0.39 is 83.5 Å². The van der Waals surface area contributed by atoms with E-state index in [4.69, 9.17) is 23.7 Å². The van der Waals surface area contributed by atoms with Gasteiger partial charge in [-0.3, -0.25) is 33.6 Å². The first-order valence-corrected chi connectivity index (χ1v) is 9.95. The van der Waals surface area contributed by atoms with E-state index in [2.05, 4.69) is 9.79 Å². The van der Waals surface area contributed by atoms with Crippen molar-refractivity contribution in [1.29, 1.82) is 0 Å². The fourth-order valence-electron chi connectivity index (χ4n) is 3.55.